The molecule has 392 valence electrons. The molecule has 0 aromatic rings. The fourth-order valence-electron chi connectivity index (χ4n) is 7.18. The molecule has 0 saturated carbocycles. The zero-order chi connectivity index (χ0) is 49.9. The standard InChI is InChI=1S/C58H102NO8P/c1-6-8-10-12-14-16-18-20-22-24-26-28-29-31-33-35-37-39-41-43-45-47-49-51-58(61)67-56(55-66-68(62,63)65-53-52-59(3,4)5)54-64-57(60)50-48-46-44-42-40-38-36-34-32-30-27-25-23-21-19-17-15-13-11-9-7-2/h8,10,14,16,19-22,25-28,31,33,56H,6-7,9,11-13,15,17-18,23-24,29-30,32,34-55H2,1-5H3/b10-8-,16-14-,21-19-,22-20-,27-25-,28-26-,33-31-. The first-order chi connectivity index (χ1) is 33.0. The second kappa shape index (κ2) is 49.2. The second-order valence-corrected chi connectivity index (χ2v) is 20.6. The lowest BCUT2D eigenvalue weighted by atomic mass is 10.1. The molecule has 0 heterocycles. The Balaban J connectivity index is 4.27. The maximum Gasteiger partial charge on any atom is 0.306 e. The topological polar surface area (TPSA) is 111 Å². The Morgan fingerprint density at radius 1 is 0.471 bits per heavy atom. The van der Waals surface area contributed by atoms with E-state index < -0.39 is 32.5 Å². The summed E-state index contributed by atoms with van der Waals surface area (Å²) in [6.45, 7) is 4.10. The van der Waals surface area contributed by atoms with Crippen LogP contribution in [0.4, 0.5) is 0 Å². The van der Waals surface area contributed by atoms with Gasteiger partial charge in [-0.3, -0.25) is 14.2 Å². The van der Waals surface area contributed by atoms with Gasteiger partial charge in [0.2, 0.25) is 0 Å². The molecule has 0 N–H and O–H groups in total. The predicted octanol–water partition coefficient (Wildman–Crippen LogP) is 16.1. The summed E-state index contributed by atoms with van der Waals surface area (Å²) in [6.07, 6.45) is 64.7. The largest absolute Gasteiger partial charge is 0.756 e. The summed E-state index contributed by atoms with van der Waals surface area (Å²) in [7, 11) is 1.15. The minimum absolute atomic E-state index is 0.0380. The van der Waals surface area contributed by atoms with E-state index in [1.807, 2.05) is 21.1 Å². The van der Waals surface area contributed by atoms with Crippen molar-refractivity contribution in [2.24, 2.45) is 0 Å². The Kier molecular flexibility index (Phi) is 47.2. The van der Waals surface area contributed by atoms with Crippen molar-refractivity contribution in [3.05, 3.63) is 85.1 Å². The molecular formula is C58H102NO8P. The van der Waals surface area contributed by atoms with Crippen LogP contribution in [-0.4, -0.2) is 70.0 Å². The number of quaternary nitrogens is 1. The molecule has 0 aliphatic heterocycles. The lowest BCUT2D eigenvalue weighted by molar-refractivity contribution is -0.870. The van der Waals surface area contributed by atoms with Gasteiger partial charge in [0.05, 0.1) is 27.7 Å². The number of unbranched alkanes of at least 4 members (excludes halogenated alkanes) is 21. The number of allylic oxidation sites excluding steroid dienone is 14. The van der Waals surface area contributed by atoms with Crippen LogP contribution < -0.4 is 4.89 Å². The number of carbonyl (C=O) groups excluding carboxylic acids is 2. The zero-order valence-corrected chi connectivity index (χ0v) is 45.2. The summed E-state index contributed by atoms with van der Waals surface area (Å²) >= 11 is 0. The van der Waals surface area contributed by atoms with E-state index in [1.54, 1.807) is 0 Å². The number of hydrogen-bond acceptors (Lipinski definition) is 8. The van der Waals surface area contributed by atoms with Crippen LogP contribution in [0.3, 0.4) is 0 Å². The van der Waals surface area contributed by atoms with E-state index in [0.717, 1.165) is 96.3 Å². The third-order valence-corrected chi connectivity index (χ3v) is 12.4. The van der Waals surface area contributed by atoms with Crippen LogP contribution in [-0.2, 0) is 32.7 Å². The minimum atomic E-state index is -4.64. The van der Waals surface area contributed by atoms with E-state index in [0.29, 0.717) is 17.4 Å². The number of phosphoric acid groups is 1. The predicted molar refractivity (Wildman–Crippen MR) is 286 cm³/mol. The highest BCUT2D eigenvalue weighted by Crippen LogP contribution is 2.38. The van der Waals surface area contributed by atoms with Gasteiger partial charge in [0, 0.05) is 12.8 Å². The molecule has 0 saturated heterocycles. The Labute approximate surface area is 418 Å². The molecule has 0 fully saturated rings. The Morgan fingerprint density at radius 2 is 0.838 bits per heavy atom. The van der Waals surface area contributed by atoms with Crippen LogP contribution in [0.1, 0.15) is 219 Å². The lowest BCUT2D eigenvalue weighted by Crippen LogP contribution is -2.37. The minimum Gasteiger partial charge on any atom is -0.756 e. The summed E-state index contributed by atoms with van der Waals surface area (Å²) < 4.78 is 34.1. The van der Waals surface area contributed by atoms with Crippen LogP contribution in [0.5, 0.6) is 0 Å². The van der Waals surface area contributed by atoms with Gasteiger partial charge in [-0.25, -0.2) is 0 Å². The first-order valence-corrected chi connectivity index (χ1v) is 28.8. The first-order valence-electron chi connectivity index (χ1n) is 27.3. The summed E-state index contributed by atoms with van der Waals surface area (Å²) in [4.78, 5) is 37.8. The van der Waals surface area contributed by atoms with Gasteiger partial charge < -0.3 is 27.9 Å². The van der Waals surface area contributed by atoms with Crippen molar-refractivity contribution < 1.29 is 42.1 Å². The summed E-state index contributed by atoms with van der Waals surface area (Å²) in [6, 6.07) is 0. The molecular weight excluding hydrogens is 870 g/mol. The fourth-order valence-corrected chi connectivity index (χ4v) is 7.91. The molecule has 0 aliphatic carbocycles. The number of likely N-dealkylation sites (N-methyl/N-ethyl adjacent to an activating group) is 1. The van der Waals surface area contributed by atoms with Crippen LogP contribution in [0, 0.1) is 0 Å². The summed E-state index contributed by atoms with van der Waals surface area (Å²) in [5.74, 6) is -0.853. The van der Waals surface area contributed by atoms with Crippen molar-refractivity contribution in [1.29, 1.82) is 0 Å². The molecule has 9 nitrogen and oxygen atoms in total. The lowest BCUT2D eigenvalue weighted by Gasteiger charge is -2.28. The number of ether oxygens (including phenoxy) is 2. The molecule has 2 unspecified atom stereocenters. The van der Waals surface area contributed by atoms with Crippen LogP contribution in [0.2, 0.25) is 0 Å². The van der Waals surface area contributed by atoms with Crippen molar-refractivity contribution in [2.75, 3.05) is 47.5 Å². The average molecular weight is 972 g/mol. The summed E-state index contributed by atoms with van der Waals surface area (Å²) in [5.41, 5.74) is 0. The Morgan fingerprint density at radius 3 is 1.25 bits per heavy atom. The molecule has 0 aromatic carbocycles. The van der Waals surface area contributed by atoms with Crippen LogP contribution >= 0.6 is 7.82 Å². The van der Waals surface area contributed by atoms with Crippen LogP contribution in [0.25, 0.3) is 0 Å². The van der Waals surface area contributed by atoms with Gasteiger partial charge in [0.25, 0.3) is 7.82 Å². The van der Waals surface area contributed by atoms with Gasteiger partial charge in [-0.15, -0.1) is 0 Å². The zero-order valence-electron chi connectivity index (χ0n) is 44.3. The number of phosphoric ester groups is 1. The van der Waals surface area contributed by atoms with Crippen LogP contribution in [0.15, 0.2) is 85.1 Å². The molecule has 68 heavy (non-hydrogen) atoms. The molecule has 0 aliphatic rings. The highest BCUT2D eigenvalue weighted by Gasteiger charge is 2.21. The first kappa shape index (κ1) is 65.2. The van der Waals surface area contributed by atoms with Gasteiger partial charge in [-0.1, -0.05) is 202 Å². The maximum absolute atomic E-state index is 12.8. The average Bonchev–Trinajstić information content (AvgIpc) is 3.30. The van der Waals surface area contributed by atoms with E-state index >= 15 is 0 Å². The van der Waals surface area contributed by atoms with Gasteiger partial charge in [0.15, 0.2) is 6.10 Å². The molecule has 0 bridgehead atoms. The molecule has 0 amide bonds. The van der Waals surface area contributed by atoms with Crippen molar-refractivity contribution in [1.82, 2.24) is 0 Å². The molecule has 10 heteroatoms. The maximum atomic E-state index is 12.8. The highest BCUT2D eigenvalue weighted by molar-refractivity contribution is 7.45. The smallest absolute Gasteiger partial charge is 0.306 e. The van der Waals surface area contributed by atoms with Gasteiger partial charge in [0.1, 0.15) is 19.8 Å². The third-order valence-electron chi connectivity index (χ3n) is 11.4. The fraction of sp³-hybridized carbons (Fsp3) is 0.724. The number of nitrogens with zero attached hydrogens (tertiary/aromatic N) is 1. The molecule has 0 spiro atoms. The van der Waals surface area contributed by atoms with Gasteiger partial charge in [-0.05, 0) is 89.9 Å². The SMILES string of the molecule is CC/C=C\C/C=C\C/C=C\C/C=C\C/C=C\CCCCCCCCCC(=O)OC(COC(=O)CCCCCCCCCCC/C=C\C/C=C\CCCCCCC)COP(=O)([O-])OCC[N+](C)(C)C. The molecule has 2 atom stereocenters. The Hall–Kier alpha value is -2.81. The van der Waals surface area contributed by atoms with Gasteiger partial charge in [-0.2, -0.15) is 0 Å². The second-order valence-electron chi connectivity index (χ2n) is 19.2. The number of hydrogen-bond donors (Lipinski definition) is 0. The number of rotatable bonds is 49. The van der Waals surface area contributed by atoms with Crippen molar-refractivity contribution in [2.45, 2.75) is 225 Å². The molecule has 0 radical (unpaired) electrons. The quantitative estimate of drug-likeness (QED) is 0.0195. The van der Waals surface area contributed by atoms with E-state index in [-0.39, 0.29) is 26.1 Å². The number of carbonyl (C=O) groups is 2. The number of esters is 2. The van der Waals surface area contributed by atoms with E-state index in [9.17, 15) is 19.0 Å². The Bertz CT molecular complexity index is 1420. The van der Waals surface area contributed by atoms with E-state index in [1.165, 1.54) is 89.9 Å². The van der Waals surface area contributed by atoms with Crippen molar-refractivity contribution in [3.63, 3.8) is 0 Å². The summed E-state index contributed by atoms with van der Waals surface area (Å²) in [5, 5.41) is 0. The molecule has 0 aromatic heterocycles. The van der Waals surface area contributed by atoms with Crippen molar-refractivity contribution in [3.8, 4) is 0 Å². The van der Waals surface area contributed by atoms with E-state index in [2.05, 4.69) is 98.9 Å². The van der Waals surface area contributed by atoms with Gasteiger partial charge >= 0.3 is 11.9 Å². The van der Waals surface area contributed by atoms with E-state index in [4.69, 9.17) is 18.5 Å². The van der Waals surface area contributed by atoms with Crippen molar-refractivity contribution >= 4 is 19.8 Å². The normalized spacial score (nSPS) is 14.0. The monoisotopic (exact) mass is 972 g/mol. The molecule has 0 rings (SSSR count). The highest BCUT2D eigenvalue weighted by atomic mass is 31.2. The third kappa shape index (κ3) is 52.6.